The number of aliphatic hydroxyl groups is 1. The molecule has 25 heavy (non-hydrogen) atoms. The molecular formula is C20H19Cl2NO2. The van der Waals surface area contributed by atoms with Crippen LogP contribution in [0.2, 0.25) is 10.0 Å². The van der Waals surface area contributed by atoms with Gasteiger partial charge in [-0.25, -0.2) is 0 Å². The Morgan fingerprint density at radius 2 is 1.68 bits per heavy atom. The maximum Gasteiger partial charge on any atom is 0.255 e. The molecule has 0 aromatic heterocycles. The molecule has 0 spiro atoms. The van der Waals surface area contributed by atoms with Gasteiger partial charge in [0.05, 0.1) is 17.7 Å². The highest BCUT2D eigenvalue weighted by molar-refractivity contribution is 6.34. The number of benzene rings is 2. The van der Waals surface area contributed by atoms with Gasteiger partial charge >= 0.3 is 0 Å². The van der Waals surface area contributed by atoms with E-state index in [-0.39, 0.29) is 12.5 Å². The molecule has 1 amide bonds. The molecule has 5 heteroatoms. The Kier molecular flexibility index (Phi) is 4.92. The summed E-state index contributed by atoms with van der Waals surface area (Å²) >= 11 is 12.3. The van der Waals surface area contributed by atoms with Gasteiger partial charge in [0, 0.05) is 16.6 Å². The molecule has 0 saturated heterocycles. The number of hydrogen-bond acceptors (Lipinski definition) is 2. The summed E-state index contributed by atoms with van der Waals surface area (Å²) in [6.45, 7) is 4.13. The fourth-order valence-corrected chi connectivity index (χ4v) is 3.73. The van der Waals surface area contributed by atoms with E-state index in [1.807, 2.05) is 56.3 Å². The minimum Gasteiger partial charge on any atom is -0.392 e. The number of aliphatic hydroxyl groups excluding tert-OH is 1. The molecule has 2 aromatic carbocycles. The van der Waals surface area contributed by atoms with Gasteiger partial charge in [-0.1, -0.05) is 53.5 Å². The van der Waals surface area contributed by atoms with Gasteiger partial charge in [-0.05, 0) is 48.7 Å². The summed E-state index contributed by atoms with van der Waals surface area (Å²) < 4.78 is 0. The van der Waals surface area contributed by atoms with Crippen LogP contribution in [0.15, 0.2) is 54.1 Å². The summed E-state index contributed by atoms with van der Waals surface area (Å²) in [6, 6.07) is 14.7. The average Bonchev–Trinajstić information content (AvgIpc) is 2.92. The Morgan fingerprint density at radius 1 is 1.08 bits per heavy atom. The summed E-state index contributed by atoms with van der Waals surface area (Å²) in [5, 5.41) is 10.8. The van der Waals surface area contributed by atoms with Gasteiger partial charge in [0.2, 0.25) is 0 Å². The lowest BCUT2D eigenvalue weighted by Gasteiger charge is -2.37. The van der Waals surface area contributed by atoms with Crippen LogP contribution >= 0.6 is 23.2 Å². The van der Waals surface area contributed by atoms with Crippen LogP contribution in [0.25, 0.3) is 5.57 Å². The summed E-state index contributed by atoms with van der Waals surface area (Å²) in [7, 11) is 0. The molecule has 130 valence electrons. The molecule has 1 aliphatic heterocycles. The summed E-state index contributed by atoms with van der Waals surface area (Å²) in [4.78, 5) is 14.9. The van der Waals surface area contributed by atoms with Crippen molar-refractivity contribution < 1.29 is 9.90 Å². The van der Waals surface area contributed by atoms with Crippen LogP contribution in [0.3, 0.4) is 0 Å². The second-order valence-electron chi connectivity index (χ2n) is 6.61. The van der Waals surface area contributed by atoms with Gasteiger partial charge < -0.3 is 10.0 Å². The minimum atomic E-state index is -0.622. The second kappa shape index (κ2) is 6.83. The topological polar surface area (TPSA) is 40.5 Å². The maximum atomic E-state index is 13.2. The lowest BCUT2D eigenvalue weighted by Crippen LogP contribution is -2.43. The molecule has 1 heterocycles. The van der Waals surface area contributed by atoms with Gasteiger partial charge in [-0.2, -0.15) is 0 Å². The van der Waals surface area contributed by atoms with Crippen molar-refractivity contribution in [2.24, 2.45) is 0 Å². The van der Waals surface area contributed by atoms with E-state index in [2.05, 4.69) is 0 Å². The molecule has 0 bridgehead atoms. The van der Waals surface area contributed by atoms with E-state index in [4.69, 9.17) is 23.2 Å². The number of rotatable bonds is 4. The van der Waals surface area contributed by atoms with Gasteiger partial charge in [0.25, 0.3) is 5.91 Å². The summed E-state index contributed by atoms with van der Waals surface area (Å²) in [5.74, 6) is -0.101. The minimum absolute atomic E-state index is 0.101. The standard InChI is InChI=1S/C20H19Cl2NO2/c1-20(2,15-8-16(21)10-17(22)9-15)23-11-14(12-24)18(19(23)25)13-6-4-3-5-7-13/h3-10,24H,11-12H2,1-2H3. The Balaban J connectivity index is 2.01. The summed E-state index contributed by atoms with van der Waals surface area (Å²) in [6.07, 6.45) is 0. The first-order valence-corrected chi connectivity index (χ1v) is 8.77. The fraction of sp³-hybridized carbons (Fsp3) is 0.250. The smallest absolute Gasteiger partial charge is 0.255 e. The largest absolute Gasteiger partial charge is 0.392 e. The third-order valence-electron chi connectivity index (χ3n) is 4.66. The lowest BCUT2D eigenvalue weighted by molar-refractivity contribution is -0.128. The third kappa shape index (κ3) is 3.32. The predicted octanol–water partition coefficient (Wildman–Crippen LogP) is 4.52. The number of halogens is 2. The number of hydrogen-bond donors (Lipinski definition) is 1. The first-order valence-electron chi connectivity index (χ1n) is 8.01. The van der Waals surface area contributed by atoms with E-state index in [1.165, 1.54) is 0 Å². The molecule has 2 aromatic rings. The highest BCUT2D eigenvalue weighted by atomic mass is 35.5. The maximum absolute atomic E-state index is 13.2. The Hall–Kier alpha value is -1.81. The molecular weight excluding hydrogens is 357 g/mol. The fourth-order valence-electron chi connectivity index (χ4n) is 3.20. The molecule has 0 radical (unpaired) electrons. The number of carbonyl (C=O) groups is 1. The van der Waals surface area contributed by atoms with Gasteiger partial charge in [-0.3, -0.25) is 4.79 Å². The molecule has 0 aliphatic carbocycles. The zero-order valence-corrected chi connectivity index (χ0v) is 15.6. The van der Waals surface area contributed by atoms with Crippen molar-refractivity contribution in [3.8, 4) is 0 Å². The van der Waals surface area contributed by atoms with E-state index in [1.54, 1.807) is 11.0 Å². The van der Waals surface area contributed by atoms with Crippen molar-refractivity contribution in [1.82, 2.24) is 4.90 Å². The molecule has 0 unspecified atom stereocenters. The Bertz CT molecular complexity index is 824. The molecule has 0 fully saturated rings. The van der Waals surface area contributed by atoms with Crippen LogP contribution in [0.4, 0.5) is 0 Å². The van der Waals surface area contributed by atoms with Crippen molar-refractivity contribution in [1.29, 1.82) is 0 Å². The zero-order valence-electron chi connectivity index (χ0n) is 14.1. The SMILES string of the molecule is CC(C)(c1cc(Cl)cc(Cl)c1)N1CC(CO)=C(c2ccccc2)C1=O. The first-order chi connectivity index (χ1) is 11.8. The quantitative estimate of drug-likeness (QED) is 0.853. The molecule has 1 aliphatic rings. The molecule has 1 N–H and O–H groups in total. The van der Waals surface area contributed by atoms with Gasteiger partial charge in [0.1, 0.15) is 0 Å². The highest BCUT2D eigenvalue weighted by Crippen LogP contribution is 2.38. The van der Waals surface area contributed by atoms with Crippen molar-refractivity contribution in [2.45, 2.75) is 19.4 Å². The van der Waals surface area contributed by atoms with Crippen LogP contribution < -0.4 is 0 Å². The first kappa shape index (κ1) is 18.0. The number of nitrogens with zero attached hydrogens (tertiary/aromatic N) is 1. The number of amides is 1. The third-order valence-corrected chi connectivity index (χ3v) is 5.10. The van der Waals surface area contributed by atoms with E-state index in [9.17, 15) is 9.90 Å². The molecule has 0 saturated carbocycles. The van der Waals surface area contributed by atoms with E-state index >= 15 is 0 Å². The van der Waals surface area contributed by atoms with Gasteiger partial charge in [-0.15, -0.1) is 0 Å². The molecule has 0 atom stereocenters. The Morgan fingerprint density at radius 3 is 2.24 bits per heavy atom. The molecule has 3 rings (SSSR count). The van der Waals surface area contributed by atoms with Crippen LogP contribution in [0, 0.1) is 0 Å². The van der Waals surface area contributed by atoms with E-state index in [0.29, 0.717) is 22.2 Å². The molecule has 3 nitrogen and oxygen atoms in total. The summed E-state index contributed by atoms with van der Waals surface area (Å²) in [5.41, 5.74) is 2.34. The van der Waals surface area contributed by atoms with Gasteiger partial charge in [0.15, 0.2) is 0 Å². The van der Waals surface area contributed by atoms with Crippen LogP contribution in [-0.4, -0.2) is 29.1 Å². The number of carbonyl (C=O) groups excluding carboxylic acids is 1. The Labute approximate surface area is 157 Å². The average molecular weight is 376 g/mol. The van der Waals surface area contributed by atoms with Crippen molar-refractivity contribution in [3.63, 3.8) is 0 Å². The van der Waals surface area contributed by atoms with Crippen LogP contribution in [0.5, 0.6) is 0 Å². The van der Waals surface area contributed by atoms with E-state index < -0.39 is 5.54 Å². The van der Waals surface area contributed by atoms with E-state index in [0.717, 1.165) is 16.7 Å². The van der Waals surface area contributed by atoms with Crippen molar-refractivity contribution >= 4 is 34.7 Å². The normalized spacial score (nSPS) is 15.2. The van der Waals surface area contributed by atoms with Crippen molar-refractivity contribution in [3.05, 3.63) is 75.3 Å². The zero-order chi connectivity index (χ0) is 18.2. The van der Waals surface area contributed by atoms with Crippen molar-refractivity contribution in [2.75, 3.05) is 13.2 Å². The predicted molar refractivity (Wildman–Crippen MR) is 102 cm³/mol. The lowest BCUT2D eigenvalue weighted by atomic mass is 9.92. The second-order valence-corrected chi connectivity index (χ2v) is 7.48. The highest BCUT2D eigenvalue weighted by Gasteiger charge is 2.40. The van der Waals surface area contributed by atoms with Crippen LogP contribution in [-0.2, 0) is 10.3 Å². The van der Waals surface area contributed by atoms with Crippen LogP contribution in [0.1, 0.15) is 25.0 Å². The monoisotopic (exact) mass is 375 g/mol.